The van der Waals surface area contributed by atoms with Crippen LogP contribution in [0.1, 0.15) is 39.5 Å². The maximum Gasteiger partial charge on any atom is 0.224 e. The van der Waals surface area contributed by atoms with Crippen LogP contribution in [-0.2, 0) is 9.59 Å². The third-order valence-corrected chi connectivity index (χ3v) is 4.68. The molecular formula is C19H30N4O2. The lowest BCUT2D eigenvalue weighted by Crippen LogP contribution is -2.49. The summed E-state index contributed by atoms with van der Waals surface area (Å²) in [5.74, 6) is 1.17. The molecule has 6 nitrogen and oxygen atoms in total. The van der Waals surface area contributed by atoms with E-state index >= 15 is 0 Å². The number of unbranched alkanes of at least 4 members (excludes halogenated alkanes) is 2. The summed E-state index contributed by atoms with van der Waals surface area (Å²) in [7, 11) is 0. The summed E-state index contributed by atoms with van der Waals surface area (Å²) in [4.78, 5) is 34.4. The van der Waals surface area contributed by atoms with Gasteiger partial charge in [-0.2, -0.15) is 0 Å². The molecule has 0 saturated carbocycles. The van der Waals surface area contributed by atoms with E-state index in [1.54, 1.807) is 18.0 Å². The van der Waals surface area contributed by atoms with Gasteiger partial charge in [-0.25, -0.2) is 4.98 Å². The van der Waals surface area contributed by atoms with Crippen molar-refractivity contribution < 1.29 is 9.59 Å². The molecule has 6 heteroatoms. The highest BCUT2D eigenvalue weighted by molar-refractivity contribution is 5.78. The number of pyridine rings is 1. The summed E-state index contributed by atoms with van der Waals surface area (Å²) in [5, 5.41) is 0. The van der Waals surface area contributed by atoms with Gasteiger partial charge in [0.25, 0.3) is 0 Å². The van der Waals surface area contributed by atoms with Crippen molar-refractivity contribution in [3.63, 3.8) is 0 Å². The molecule has 0 aromatic carbocycles. The van der Waals surface area contributed by atoms with Gasteiger partial charge in [0.1, 0.15) is 5.82 Å². The lowest BCUT2D eigenvalue weighted by atomic mass is 10.2. The van der Waals surface area contributed by atoms with Gasteiger partial charge in [0.2, 0.25) is 11.8 Å². The molecule has 2 amide bonds. The number of carbonyl (C=O) groups excluding carboxylic acids is 2. The lowest BCUT2D eigenvalue weighted by Gasteiger charge is -2.35. The fourth-order valence-electron chi connectivity index (χ4n) is 3.09. The Morgan fingerprint density at radius 1 is 1.12 bits per heavy atom. The van der Waals surface area contributed by atoms with Crippen LogP contribution < -0.4 is 4.90 Å². The second-order valence-corrected chi connectivity index (χ2v) is 6.52. The van der Waals surface area contributed by atoms with Gasteiger partial charge >= 0.3 is 0 Å². The molecule has 1 fully saturated rings. The van der Waals surface area contributed by atoms with Gasteiger partial charge in [0, 0.05) is 58.8 Å². The number of hydrogen-bond acceptors (Lipinski definition) is 4. The van der Waals surface area contributed by atoms with E-state index in [0.717, 1.165) is 44.7 Å². The molecule has 2 heterocycles. The van der Waals surface area contributed by atoms with Gasteiger partial charge in [-0.3, -0.25) is 9.59 Å². The van der Waals surface area contributed by atoms with Crippen molar-refractivity contribution in [2.24, 2.45) is 0 Å². The van der Waals surface area contributed by atoms with Gasteiger partial charge in [-0.15, -0.1) is 0 Å². The first-order valence-corrected chi connectivity index (χ1v) is 9.31. The molecule has 0 spiro atoms. The van der Waals surface area contributed by atoms with Crippen LogP contribution in [0.2, 0.25) is 0 Å². The smallest absolute Gasteiger partial charge is 0.224 e. The summed E-state index contributed by atoms with van der Waals surface area (Å²) in [6.45, 7) is 8.04. The SMILES string of the molecule is CCCCCN(CCC(=O)N1CCN(c2ccccn2)CC1)C(C)=O. The number of nitrogens with zero attached hydrogens (tertiary/aromatic N) is 4. The average molecular weight is 346 g/mol. The summed E-state index contributed by atoms with van der Waals surface area (Å²) in [6, 6.07) is 5.89. The van der Waals surface area contributed by atoms with Crippen LogP contribution in [0.15, 0.2) is 24.4 Å². The number of amides is 2. The Labute approximate surface area is 150 Å². The maximum atomic E-state index is 12.5. The molecule has 0 radical (unpaired) electrons. The van der Waals surface area contributed by atoms with Crippen LogP contribution >= 0.6 is 0 Å². The van der Waals surface area contributed by atoms with Gasteiger partial charge in [0.05, 0.1) is 0 Å². The first-order valence-electron chi connectivity index (χ1n) is 9.31. The Morgan fingerprint density at radius 2 is 1.88 bits per heavy atom. The van der Waals surface area contributed by atoms with Crippen molar-refractivity contribution in [2.45, 2.75) is 39.5 Å². The highest BCUT2D eigenvalue weighted by Gasteiger charge is 2.22. The number of aromatic nitrogens is 1. The number of anilines is 1. The zero-order valence-corrected chi connectivity index (χ0v) is 15.5. The molecular weight excluding hydrogens is 316 g/mol. The molecule has 1 aliphatic heterocycles. The number of carbonyl (C=O) groups is 2. The number of rotatable bonds is 8. The molecule has 1 aromatic heterocycles. The maximum absolute atomic E-state index is 12.5. The van der Waals surface area contributed by atoms with E-state index in [2.05, 4.69) is 16.8 Å². The summed E-state index contributed by atoms with van der Waals surface area (Å²) in [6.07, 6.45) is 5.46. The Kier molecular flexibility index (Phi) is 7.70. The summed E-state index contributed by atoms with van der Waals surface area (Å²) < 4.78 is 0. The van der Waals surface area contributed by atoms with Crippen LogP contribution in [0, 0.1) is 0 Å². The summed E-state index contributed by atoms with van der Waals surface area (Å²) in [5.41, 5.74) is 0. The van der Waals surface area contributed by atoms with Gasteiger partial charge in [0.15, 0.2) is 0 Å². The third-order valence-electron chi connectivity index (χ3n) is 4.68. The van der Waals surface area contributed by atoms with E-state index in [4.69, 9.17) is 0 Å². The van der Waals surface area contributed by atoms with E-state index < -0.39 is 0 Å². The topological polar surface area (TPSA) is 56.8 Å². The van der Waals surface area contributed by atoms with Crippen LogP contribution in [-0.4, -0.2) is 65.9 Å². The molecule has 138 valence electrons. The van der Waals surface area contributed by atoms with E-state index in [9.17, 15) is 9.59 Å². The zero-order valence-electron chi connectivity index (χ0n) is 15.5. The van der Waals surface area contributed by atoms with Crippen molar-refractivity contribution in [2.75, 3.05) is 44.2 Å². The van der Waals surface area contributed by atoms with E-state index in [1.807, 2.05) is 23.1 Å². The average Bonchev–Trinajstić information content (AvgIpc) is 2.65. The quantitative estimate of drug-likeness (QED) is 0.677. The molecule has 2 rings (SSSR count). The minimum atomic E-state index is 0.0591. The van der Waals surface area contributed by atoms with E-state index in [1.165, 1.54) is 0 Å². The van der Waals surface area contributed by atoms with Gasteiger partial charge in [-0.05, 0) is 18.6 Å². The molecule has 0 N–H and O–H groups in total. The summed E-state index contributed by atoms with van der Waals surface area (Å²) >= 11 is 0. The van der Waals surface area contributed by atoms with Crippen molar-refractivity contribution in [3.8, 4) is 0 Å². The first kappa shape index (κ1) is 19.2. The van der Waals surface area contributed by atoms with E-state index in [-0.39, 0.29) is 11.8 Å². The number of hydrogen-bond donors (Lipinski definition) is 0. The fraction of sp³-hybridized carbons (Fsp3) is 0.632. The number of piperazine rings is 1. The normalized spacial score (nSPS) is 14.5. The van der Waals surface area contributed by atoms with Crippen LogP contribution in [0.3, 0.4) is 0 Å². The van der Waals surface area contributed by atoms with Crippen molar-refractivity contribution in [1.82, 2.24) is 14.8 Å². The van der Waals surface area contributed by atoms with Crippen LogP contribution in [0.4, 0.5) is 5.82 Å². The van der Waals surface area contributed by atoms with Crippen molar-refractivity contribution in [3.05, 3.63) is 24.4 Å². The van der Waals surface area contributed by atoms with E-state index in [0.29, 0.717) is 26.1 Å². The standard InChI is InChI=1S/C19H30N4O2/c1-3-4-7-11-21(17(2)24)12-9-19(25)23-15-13-22(14-16-23)18-8-5-6-10-20-18/h5-6,8,10H,3-4,7,9,11-16H2,1-2H3. The highest BCUT2D eigenvalue weighted by atomic mass is 16.2. The molecule has 0 unspecified atom stereocenters. The second kappa shape index (κ2) is 10.0. The third kappa shape index (κ3) is 6.03. The second-order valence-electron chi connectivity index (χ2n) is 6.52. The Hall–Kier alpha value is -2.11. The predicted molar refractivity (Wildman–Crippen MR) is 99.4 cm³/mol. The predicted octanol–water partition coefficient (Wildman–Crippen LogP) is 2.16. The molecule has 1 aromatic rings. The molecule has 0 aliphatic carbocycles. The zero-order chi connectivity index (χ0) is 18.1. The highest BCUT2D eigenvalue weighted by Crippen LogP contribution is 2.13. The molecule has 1 saturated heterocycles. The minimum Gasteiger partial charge on any atom is -0.353 e. The molecule has 0 bridgehead atoms. The molecule has 1 aliphatic rings. The Balaban J connectivity index is 1.75. The Bertz CT molecular complexity index is 542. The monoisotopic (exact) mass is 346 g/mol. The minimum absolute atomic E-state index is 0.0591. The van der Waals surface area contributed by atoms with Gasteiger partial charge < -0.3 is 14.7 Å². The molecule has 25 heavy (non-hydrogen) atoms. The Morgan fingerprint density at radius 3 is 2.48 bits per heavy atom. The van der Waals surface area contributed by atoms with Crippen molar-refractivity contribution in [1.29, 1.82) is 0 Å². The van der Waals surface area contributed by atoms with Crippen LogP contribution in [0.5, 0.6) is 0 Å². The first-order chi connectivity index (χ1) is 12.1. The van der Waals surface area contributed by atoms with Crippen LogP contribution in [0.25, 0.3) is 0 Å². The largest absolute Gasteiger partial charge is 0.353 e. The lowest BCUT2D eigenvalue weighted by molar-refractivity contribution is -0.133. The molecule has 0 atom stereocenters. The van der Waals surface area contributed by atoms with Crippen molar-refractivity contribution >= 4 is 17.6 Å². The van der Waals surface area contributed by atoms with Gasteiger partial charge in [-0.1, -0.05) is 25.8 Å². The fourth-order valence-corrected chi connectivity index (χ4v) is 3.09.